The maximum atomic E-state index is 11.1. The summed E-state index contributed by atoms with van der Waals surface area (Å²) in [7, 11) is 1.39. The van der Waals surface area contributed by atoms with Crippen molar-refractivity contribution in [2.24, 2.45) is 5.73 Å². The molecule has 1 unspecified atom stereocenters. The molecule has 1 aliphatic heterocycles. The molecule has 1 rings (SSSR count). The fourth-order valence-corrected chi connectivity index (χ4v) is 1.49. The molecule has 1 atom stereocenters. The Labute approximate surface area is 84.1 Å². The number of hydrogen-bond acceptors (Lipinski definition) is 4. The Morgan fingerprint density at radius 2 is 2.43 bits per heavy atom. The van der Waals surface area contributed by atoms with E-state index in [9.17, 15) is 4.79 Å². The molecule has 5 nitrogen and oxygen atoms in total. The highest BCUT2D eigenvalue weighted by Crippen LogP contribution is 2.13. The van der Waals surface area contributed by atoms with E-state index >= 15 is 0 Å². The van der Waals surface area contributed by atoms with Gasteiger partial charge in [0.05, 0.1) is 19.8 Å². The summed E-state index contributed by atoms with van der Waals surface area (Å²) >= 11 is 0. The third kappa shape index (κ3) is 3.16. The molecule has 0 aromatic carbocycles. The van der Waals surface area contributed by atoms with Gasteiger partial charge in [-0.2, -0.15) is 0 Å². The number of carbonyl (C=O) groups is 1. The summed E-state index contributed by atoms with van der Waals surface area (Å²) < 4.78 is 10.2. The summed E-state index contributed by atoms with van der Waals surface area (Å²) in [5, 5.41) is 0. The van der Waals surface area contributed by atoms with Gasteiger partial charge in [-0.3, -0.25) is 0 Å². The van der Waals surface area contributed by atoms with Crippen molar-refractivity contribution in [3.05, 3.63) is 0 Å². The van der Waals surface area contributed by atoms with Gasteiger partial charge in [0, 0.05) is 13.2 Å². The molecular formula is C9H18N2O3. The molecule has 82 valence electrons. The summed E-state index contributed by atoms with van der Waals surface area (Å²) in [5.41, 5.74) is 5.35. The molecule has 1 saturated heterocycles. The number of methoxy groups -OCH3 is 1. The van der Waals surface area contributed by atoms with Crippen LogP contribution in [0.25, 0.3) is 0 Å². The molecule has 1 aliphatic rings. The molecule has 0 aromatic rings. The lowest BCUT2D eigenvalue weighted by molar-refractivity contribution is 0.0566. The third-order valence-corrected chi connectivity index (χ3v) is 2.28. The van der Waals surface area contributed by atoms with Gasteiger partial charge in [0.25, 0.3) is 0 Å². The molecule has 1 amide bonds. The van der Waals surface area contributed by atoms with Crippen molar-refractivity contribution in [2.75, 3.05) is 33.4 Å². The van der Waals surface area contributed by atoms with E-state index in [1.165, 1.54) is 7.11 Å². The van der Waals surface area contributed by atoms with Crippen LogP contribution < -0.4 is 5.73 Å². The topological polar surface area (TPSA) is 64.8 Å². The van der Waals surface area contributed by atoms with Crippen LogP contribution in [0.2, 0.25) is 0 Å². The molecular weight excluding hydrogens is 184 g/mol. The number of nitrogens with zero attached hydrogens (tertiary/aromatic N) is 1. The number of likely N-dealkylation sites (tertiary alicyclic amines) is 1. The first-order chi connectivity index (χ1) is 6.77. The second kappa shape index (κ2) is 5.82. The zero-order valence-corrected chi connectivity index (χ0v) is 8.57. The van der Waals surface area contributed by atoms with Gasteiger partial charge in [0.1, 0.15) is 0 Å². The quantitative estimate of drug-likeness (QED) is 0.661. The molecule has 0 radical (unpaired) electrons. The molecule has 1 fully saturated rings. The normalized spacial score (nSPS) is 21.3. The van der Waals surface area contributed by atoms with Crippen LogP contribution in [0.1, 0.15) is 12.8 Å². The Morgan fingerprint density at radius 1 is 1.64 bits per heavy atom. The Morgan fingerprint density at radius 3 is 3.07 bits per heavy atom. The zero-order valence-electron chi connectivity index (χ0n) is 8.57. The number of hydrogen-bond donors (Lipinski definition) is 1. The van der Waals surface area contributed by atoms with Gasteiger partial charge in [-0.25, -0.2) is 4.79 Å². The highest BCUT2D eigenvalue weighted by Gasteiger charge is 2.26. The Bertz CT molecular complexity index is 187. The maximum Gasteiger partial charge on any atom is 0.409 e. The Hall–Kier alpha value is -0.810. The van der Waals surface area contributed by atoms with E-state index < -0.39 is 0 Å². The standard InChI is InChI=1S/C9H18N2O3/c1-13-9(12)11-5-3-8(7-11)14-6-2-4-10/h8H,2-7,10H2,1H3. The van der Waals surface area contributed by atoms with Gasteiger partial charge >= 0.3 is 6.09 Å². The minimum atomic E-state index is -0.269. The van der Waals surface area contributed by atoms with Crippen molar-refractivity contribution in [3.63, 3.8) is 0 Å². The smallest absolute Gasteiger partial charge is 0.409 e. The molecule has 0 bridgehead atoms. The molecule has 14 heavy (non-hydrogen) atoms. The first-order valence-electron chi connectivity index (χ1n) is 4.92. The van der Waals surface area contributed by atoms with Gasteiger partial charge in [-0.15, -0.1) is 0 Å². The van der Waals surface area contributed by atoms with E-state index in [1.54, 1.807) is 4.90 Å². The van der Waals surface area contributed by atoms with Crippen LogP contribution in [0, 0.1) is 0 Å². The van der Waals surface area contributed by atoms with Crippen molar-refractivity contribution in [1.29, 1.82) is 0 Å². The van der Waals surface area contributed by atoms with Crippen LogP contribution in [0.3, 0.4) is 0 Å². The average Bonchev–Trinajstić information content (AvgIpc) is 2.66. The number of amides is 1. The fraction of sp³-hybridized carbons (Fsp3) is 0.889. The van der Waals surface area contributed by atoms with Gasteiger partial charge < -0.3 is 20.1 Å². The highest BCUT2D eigenvalue weighted by atomic mass is 16.5. The van der Waals surface area contributed by atoms with Gasteiger partial charge in [0.15, 0.2) is 0 Å². The molecule has 0 aliphatic carbocycles. The number of carbonyl (C=O) groups excluding carboxylic acids is 1. The van der Waals surface area contributed by atoms with E-state index in [1.807, 2.05) is 0 Å². The molecule has 5 heteroatoms. The van der Waals surface area contributed by atoms with E-state index in [4.69, 9.17) is 10.5 Å². The first kappa shape index (κ1) is 11.3. The second-order valence-electron chi connectivity index (χ2n) is 3.34. The fourth-order valence-electron chi connectivity index (χ4n) is 1.49. The summed E-state index contributed by atoms with van der Waals surface area (Å²) in [6.07, 6.45) is 1.64. The van der Waals surface area contributed by atoms with Crippen molar-refractivity contribution >= 4 is 6.09 Å². The summed E-state index contributed by atoms with van der Waals surface area (Å²) in [6.45, 7) is 2.68. The summed E-state index contributed by atoms with van der Waals surface area (Å²) in [5.74, 6) is 0. The number of rotatable bonds is 4. The highest BCUT2D eigenvalue weighted by molar-refractivity contribution is 5.67. The second-order valence-corrected chi connectivity index (χ2v) is 3.34. The van der Waals surface area contributed by atoms with Gasteiger partial charge in [0.2, 0.25) is 0 Å². The maximum absolute atomic E-state index is 11.1. The minimum Gasteiger partial charge on any atom is -0.453 e. The monoisotopic (exact) mass is 202 g/mol. The van der Waals surface area contributed by atoms with E-state index in [-0.39, 0.29) is 12.2 Å². The largest absolute Gasteiger partial charge is 0.453 e. The predicted octanol–water partition coefficient (Wildman–Crippen LogP) is 0.193. The Balaban J connectivity index is 2.17. The van der Waals surface area contributed by atoms with Gasteiger partial charge in [-0.1, -0.05) is 0 Å². The number of ether oxygens (including phenoxy) is 2. The lowest BCUT2D eigenvalue weighted by Gasteiger charge is -2.14. The van der Waals surface area contributed by atoms with E-state index in [2.05, 4.69) is 4.74 Å². The minimum absolute atomic E-state index is 0.153. The third-order valence-electron chi connectivity index (χ3n) is 2.28. The van der Waals surface area contributed by atoms with Crippen LogP contribution in [-0.4, -0.2) is 50.4 Å². The number of nitrogens with two attached hydrogens (primary N) is 1. The first-order valence-corrected chi connectivity index (χ1v) is 4.92. The van der Waals surface area contributed by atoms with Crippen LogP contribution in [-0.2, 0) is 9.47 Å². The average molecular weight is 202 g/mol. The zero-order chi connectivity index (χ0) is 10.4. The molecule has 0 aromatic heterocycles. The van der Waals surface area contributed by atoms with Crippen molar-refractivity contribution < 1.29 is 14.3 Å². The van der Waals surface area contributed by atoms with Gasteiger partial charge in [-0.05, 0) is 19.4 Å². The van der Waals surface area contributed by atoms with Crippen molar-refractivity contribution in [1.82, 2.24) is 4.90 Å². The molecule has 1 heterocycles. The van der Waals surface area contributed by atoms with Crippen LogP contribution in [0.4, 0.5) is 4.79 Å². The van der Waals surface area contributed by atoms with Crippen LogP contribution >= 0.6 is 0 Å². The lowest BCUT2D eigenvalue weighted by atomic mass is 10.3. The Kier molecular flexibility index (Phi) is 4.69. The summed E-state index contributed by atoms with van der Waals surface area (Å²) in [6, 6.07) is 0. The molecule has 2 N–H and O–H groups in total. The molecule has 0 saturated carbocycles. The van der Waals surface area contributed by atoms with Crippen LogP contribution in [0.15, 0.2) is 0 Å². The SMILES string of the molecule is COC(=O)N1CCC(OCCCN)C1. The summed E-state index contributed by atoms with van der Waals surface area (Å²) in [4.78, 5) is 12.8. The van der Waals surface area contributed by atoms with Crippen molar-refractivity contribution in [3.8, 4) is 0 Å². The van der Waals surface area contributed by atoms with Crippen LogP contribution in [0.5, 0.6) is 0 Å². The molecule has 0 spiro atoms. The lowest BCUT2D eigenvalue weighted by Crippen LogP contribution is -2.30. The van der Waals surface area contributed by atoms with E-state index in [0.29, 0.717) is 19.7 Å². The van der Waals surface area contributed by atoms with Crippen molar-refractivity contribution in [2.45, 2.75) is 18.9 Å². The predicted molar refractivity (Wildman–Crippen MR) is 52.0 cm³/mol. The van der Waals surface area contributed by atoms with E-state index in [0.717, 1.165) is 19.4 Å².